The van der Waals surface area contributed by atoms with E-state index in [-0.39, 0.29) is 11.5 Å². The first-order chi connectivity index (χ1) is 14.9. The molecule has 0 aliphatic heterocycles. The maximum atomic E-state index is 12.6. The Morgan fingerprint density at radius 1 is 1.06 bits per heavy atom. The summed E-state index contributed by atoms with van der Waals surface area (Å²) in [7, 11) is 0. The van der Waals surface area contributed by atoms with Crippen molar-refractivity contribution in [3.8, 4) is 11.6 Å². The maximum absolute atomic E-state index is 12.6. The number of benzene rings is 1. The summed E-state index contributed by atoms with van der Waals surface area (Å²) in [5.41, 5.74) is 1.73. The molecule has 10 heteroatoms. The Labute approximate surface area is 182 Å². The van der Waals surface area contributed by atoms with E-state index in [1.165, 1.54) is 24.9 Å². The van der Waals surface area contributed by atoms with Gasteiger partial charge in [-0.2, -0.15) is 0 Å². The molecule has 0 radical (unpaired) electrons. The minimum atomic E-state index is -0.691. The van der Waals surface area contributed by atoms with Crippen LogP contribution in [0.2, 0.25) is 0 Å². The number of anilines is 2. The van der Waals surface area contributed by atoms with Crippen molar-refractivity contribution in [1.29, 1.82) is 0 Å². The normalized spacial score (nSPS) is 10.4. The van der Waals surface area contributed by atoms with Gasteiger partial charge in [-0.05, 0) is 49.6 Å². The Balaban J connectivity index is 1.63. The first kappa shape index (κ1) is 22.0. The van der Waals surface area contributed by atoms with Crippen LogP contribution in [0.3, 0.4) is 0 Å². The molecule has 2 heterocycles. The van der Waals surface area contributed by atoms with Gasteiger partial charge in [0.25, 0.3) is 5.91 Å². The van der Waals surface area contributed by atoms with E-state index in [1.807, 2.05) is 0 Å². The van der Waals surface area contributed by atoms with Gasteiger partial charge in [-0.1, -0.05) is 0 Å². The fraction of sp³-hybridized carbons (Fsp3) is 0.190. The zero-order valence-electron chi connectivity index (χ0n) is 17.1. The van der Waals surface area contributed by atoms with Crippen molar-refractivity contribution in [2.45, 2.75) is 18.9 Å². The third kappa shape index (κ3) is 5.70. The summed E-state index contributed by atoms with van der Waals surface area (Å²) in [5.74, 6) is -0.531. The summed E-state index contributed by atoms with van der Waals surface area (Å²) in [5, 5.41) is 5.68. The van der Waals surface area contributed by atoms with Crippen LogP contribution in [-0.2, 0) is 14.3 Å². The average molecular weight is 440 g/mol. The van der Waals surface area contributed by atoms with Crippen molar-refractivity contribution in [1.82, 2.24) is 9.97 Å². The fourth-order valence-electron chi connectivity index (χ4n) is 2.69. The van der Waals surface area contributed by atoms with Crippen LogP contribution in [0.4, 0.5) is 11.4 Å². The number of aromatic nitrogens is 2. The molecule has 9 nitrogen and oxygen atoms in total. The van der Waals surface area contributed by atoms with E-state index in [9.17, 15) is 14.4 Å². The highest BCUT2D eigenvalue weighted by Crippen LogP contribution is 2.25. The van der Waals surface area contributed by atoms with Gasteiger partial charge in [0.15, 0.2) is 18.2 Å². The minimum Gasteiger partial charge on any atom is -0.461 e. The summed E-state index contributed by atoms with van der Waals surface area (Å²) in [6.45, 7) is 2.60. The minimum absolute atomic E-state index is 0.190. The molecule has 2 N–H and O–H groups in total. The van der Waals surface area contributed by atoms with E-state index in [0.717, 1.165) is 0 Å². The molecule has 0 bridgehead atoms. The molecule has 160 valence electrons. The molecule has 0 spiro atoms. The van der Waals surface area contributed by atoms with Crippen LogP contribution < -0.4 is 10.6 Å². The smallest absolute Gasteiger partial charge is 0.343 e. The summed E-state index contributed by atoms with van der Waals surface area (Å²) in [6.07, 6.45) is 3.29. The molecule has 0 unspecified atom stereocenters. The molecular weight excluding hydrogens is 420 g/mol. The lowest BCUT2D eigenvalue weighted by atomic mass is 10.2. The van der Waals surface area contributed by atoms with Crippen LogP contribution >= 0.6 is 11.8 Å². The third-order valence-electron chi connectivity index (χ3n) is 4.02. The second-order valence-corrected chi connectivity index (χ2v) is 7.17. The Morgan fingerprint density at radius 2 is 1.74 bits per heavy atom. The van der Waals surface area contributed by atoms with Crippen LogP contribution in [0.5, 0.6) is 0 Å². The maximum Gasteiger partial charge on any atom is 0.343 e. The van der Waals surface area contributed by atoms with Gasteiger partial charge in [0.1, 0.15) is 10.6 Å². The average Bonchev–Trinajstić information content (AvgIpc) is 3.27. The first-order valence-electron chi connectivity index (χ1n) is 9.18. The van der Waals surface area contributed by atoms with Gasteiger partial charge in [-0.15, -0.1) is 11.8 Å². The Bertz CT molecular complexity index is 1100. The number of nitrogens with one attached hydrogen (secondary N) is 2. The predicted molar refractivity (Wildman–Crippen MR) is 116 cm³/mol. The molecule has 31 heavy (non-hydrogen) atoms. The van der Waals surface area contributed by atoms with Crippen LogP contribution in [-0.4, -0.2) is 40.6 Å². The Kier molecular flexibility index (Phi) is 7.03. The first-order valence-corrected chi connectivity index (χ1v) is 10.4. The zero-order chi connectivity index (χ0) is 22.4. The monoisotopic (exact) mass is 440 g/mol. The molecule has 2 aromatic heterocycles. The van der Waals surface area contributed by atoms with Crippen molar-refractivity contribution < 1.29 is 23.5 Å². The number of hydrogen-bond donors (Lipinski definition) is 2. The number of rotatable bonds is 7. The van der Waals surface area contributed by atoms with Crippen LogP contribution in [0, 0.1) is 6.92 Å². The molecule has 0 saturated heterocycles. The number of hydrogen-bond acceptors (Lipinski definition) is 8. The fourth-order valence-corrected chi connectivity index (χ4v) is 3.30. The number of nitrogens with zero attached hydrogens (tertiary/aromatic N) is 2. The number of ether oxygens (including phenoxy) is 1. The second kappa shape index (κ2) is 9.90. The van der Waals surface area contributed by atoms with Gasteiger partial charge < -0.3 is 19.8 Å². The van der Waals surface area contributed by atoms with Gasteiger partial charge >= 0.3 is 5.97 Å². The van der Waals surface area contributed by atoms with Crippen molar-refractivity contribution in [2.75, 3.05) is 23.5 Å². The van der Waals surface area contributed by atoms with Crippen LogP contribution in [0.15, 0.2) is 52.1 Å². The lowest BCUT2D eigenvalue weighted by Crippen LogP contribution is -2.22. The molecule has 3 aromatic rings. The van der Waals surface area contributed by atoms with Gasteiger partial charge in [0.05, 0.1) is 12.0 Å². The number of thioether (sulfide) groups is 1. The number of aryl methyl sites for hydroxylation is 1. The standard InChI is InChI=1S/C21H20N4O5S/c1-12-18(20(31-3)25-19(22-12)16-5-4-10-29-16)21(28)30-11-17(27)24-15-8-6-14(7-9-15)23-13(2)26/h4-10H,11H2,1-3H3,(H,23,26)(H,24,27). The Hall–Kier alpha value is -3.66. The molecule has 0 aliphatic carbocycles. The van der Waals surface area contributed by atoms with E-state index < -0.39 is 18.5 Å². The van der Waals surface area contributed by atoms with E-state index in [1.54, 1.807) is 49.6 Å². The topological polar surface area (TPSA) is 123 Å². The lowest BCUT2D eigenvalue weighted by molar-refractivity contribution is -0.119. The molecule has 0 fully saturated rings. The largest absolute Gasteiger partial charge is 0.461 e. The van der Waals surface area contributed by atoms with Crippen molar-refractivity contribution >= 4 is 40.9 Å². The highest BCUT2D eigenvalue weighted by Gasteiger charge is 2.22. The Morgan fingerprint density at radius 3 is 2.32 bits per heavy atom. The molecule has 3 rings (SSSR count). The summed E-state index contributed by atoms with van der Waals surface area (Å²) >= 11 is 1.27. The van der Waals surface area contributed by atoms with E-state index in [0.29, 0.717) is 33.7 Å². The molecular formula is C21H20N4O5S. The lowest BCUT2D eigenvalue weighted by Gasteiger charge is -2.11. The predicted octanol–water partition coefficient (Wildman–Crippen LogP) is 3.52. The summed E-state index contributed by atoms with van der Waals surface area (Å²) in [4.78, 5) is 44.5. The summed E-state index contributed by atoms with van der Waals surface area (Å²) < 4.78 is 10.5. The van der Waals surface area contributed by atoms with Crippen LogP contribution in [0.25, 0.3) is 11.6 Å². The number of amides is 2. The van der Waals surface area contributed by atoms with E-state index in [4.69, 9.17) is 9.15 Å². The molecule has 2 amide bonds. The van der Waals surface area contributed by atoms with Crippen molar-refractivity contribution in [2.24, 2.45) is 0 Å². The quantitative estimate of drug-likeness (QED) is 0.325. The van der Waals surface area contributed by atoms with Gasteiger partial charge in [-0.3, -0.25) is 9.59 Å². The van der Waals surface area contributed by atoms with Gasteiger partial charge in [0, 0.05) is 18.3 Å². The van der Waals surface area contributed by atoms with Gasteiger partial charge in [0.2, 0.25) is 5.91 Å². The summed E-state index contributed by atoms with van der Waals surface area (Å²) in [6, 6.07) is 10.00. The highest BCUT2D eigenvalue weighted by atomic mass is 32.2. The molecule has 0 saturated carbocycles. The second-order valence-electron chi connectivity index (χ2n) is 6.38. The van der Waals surface area contributed by atoms with Gasteiger partial charge in [-0.25, -0.2) is 14.8 Å². The molecule has 0 aliphatic rings. The van der Waals surface area contributed by atoms with E-state index >= 15 is 0 Å². The number of carbonyl (C=O) groups excluding carboxylic acids is 3. The van der Waals surface area contributed by atoms with E-state index in [2.05, 4.69) is 20.6 Å². The number of carbonyl (C=O) groups is 3. The third-order valence-corrected chi connectivity index (χ3v) is 4.70. The number of esters is 1. The highest BCUT2D eigenvalue weighted by molar-refractivity contribution is 7.98. The zero-order valence-corrected chi connectivity index (χ0v) is 17.9. The molecule has 0 atom stereocenters. The SMILES string of the molecule is CSc1nc(-c2ccco2)nc(C)c1C(=O)OCC(=O)Nc1ccc(NC(C)=O)cc1. The number of furan rings is 1. The van der Waals surface area contributed by atoms with Crippen molar-refractivity contribution in [3.63, 3.8) is 0 Å². The van der Waals surface area contributed by atoms with Crippen molar-refractivity contribution in [3.05, 3.63) is 53.9 Å². The van der Waals surface area contributed by atoms with Crippen LogP contribution in [0.1, 0.15) is 23.0 Å². The molecule has 1 aromatic carbocycles.